The lowest BCUT2D eigenvalue weighted by molar-refractivity contribution is 0.367. The molecule has 1 rings (SSSR count). The summed E-state index contributed by atoms with van der Waals surface area (Å²) in [5.41, 5.74) is 0. The second-order valence-electron chi connectivity index (χ2n) is 2.09. The van der Waals surface area contributed by atoms with Gasteiger partial charge in [0.1, 0.15) is 0 Å². The molecular weight excluding hydrogens is 176 g/mol. The number of halogens is 1. The Morgan fingerprint density at radius 2 is 1.80 bits per heavy atom. The normalized spacial score (nSPS) is 22.9. The van der Waals surface area contributed by atoms with E-state index >= 15 is 0 Å². The molecular formula is C4H9ClN2O2S. The van der Waals surface area contributed by atoms with E-state index in [-0.39, 0.29) is 0 Å². The van der Waals surface area contributed by atoms with Crippen LogP contribution in [0.15, 0.2) is 0 Å². The second kappa shape index (κ2) is 3.04. The van der Waals surface area contributed by atoms with E-state index < -0.39 is 9.24 Å². The average Bonchev–Trinajstić information content (AvgIpc) is 1.88. The summed E-state index contributed by atoms with van der Waals surface area (Å²) in [5, 5.41) is 3.02. The Hall–Kier alpha value is 0.160. The van der Waals surface area contributed by atoms with Gasteiger partial charge in [0.05, 0.1) is 0 Å². The predicted molar refractivity (Wildman–Crippen MR) is 39.2 cm³/mol. The fraction of sp³-hybridized carbons (Fsp3) is 1.00. The van der Waals surface area contributed by atoms with Crippen LogP contribution in [0, 0.1) is 0 Å². The maximum atomic E-state index is 10.6. The summed E-state index contributed by atoms with van der Waals surface area (Å²) >= 11 is 0. The Labute approximate surface area is 64.7 Å². The quantitative estimate of drug-likeness (QED) is 0.553. The minimum Gasteiger partial charge on any atom is -0.314 e. The zero-order valence-corrected chi connectivity index (χ0v) is 6.95. The molecule has 1 aliphatic rings. The molecule has 1 N–H and O–H groups in total. The van der Waals surface area contributed by atoms with Gasteiger partial charge in [0.2, 0.25) is 0 Å². The van der Waals surface area contributed by atoms with Gasteiger partial charge < -0.3 is 5.32 Å². The summed E-state index contributed by atoms with van der Waals surface area (Å²) in [6, 6.07) is 0. The van der Waals surface area contributed by atoms with E-state index in [1.165, 1.54) is 4.31 Å². The molecule has 0 spiro atoms. The molecule has 0 aromatic rings. The van der Waals surface area contributed by atoms with Gasteiger partial charge >= 0.3 is 0 Å². The molecule has 1 aliphatic heterocycles. The molecule has 6 heteroatoms. The molecule has 1 heterocycles. The lowest BCUT2D eigenvalue weighted by Crippen LogP contribution is -2.44. The highest BCUT2D eigenvalue weighted by Crippen LogP contribution is 2.05. The molecule has 0 radical (unpaired) electrons. The standard InChI is InChI=1S/C4H9ClN2O2S/c5-10(8,9)7-3-1-6-2-4-7/h6H,1-4H2. The summed E-state index contributed by atoms with van der Waals surface area (Å²) in [5.74, 6) is 0. The third kappa shape index (κ3) is 2.09. The van der Waals surface area contributed by atoms with E-state index in [0.717, 1.165) is 0 Å². The lowest BCUT2D eigenvalue weighted by atomic mass is 10.4. The first-order chi connectivity index (χ1) is 4.61. The van der Waals surface area contributed by atoms with Crippen LogP contribution in [0.3, 0.4) is 0 Å². The predicted octanol–water partition coefficient (Wildman–Crippen LogP) is -0.625. The van der Waals surface area contributed by atoms with Crippen LogP contribution in [0.2, 0.25) is 0 Å². The van der Waals surface area contributed by atoms with Gasteiger partial charge in [-0.3, -0.25) is 0 Å². The third-order valence-electron chi connectivity index (χ3n) is 1.38. The highest BCUT2D eigenvalue weighted by molar-refractivity contribution is 8.11. The molecule has 0 atom stereocenters. The van der Waals surface area contributed by atoms with Gasteiger partial charge in [-0.05, 0) is 0 Å². The van der Waals surface area contributed by atoms with Gasteiger partial charge in [0.15, 0.2) is 0 Å². The zero-order chi connectivity index (χ0) is 7.61. The number of piperazine rings is 1. The fourth-order valence-electron chi connectivity index (χ4n) is 0.862. The second-order valence-corrected chi connectivity index (χ2v) is 4.60. The van der Waals surface area contributed by atoms with Crippen LogP contribution in [-0.4, -0.2) is 38.9 Å². The van der Waals surface area contributed by atoms with Crippen LogP contribution in [0.5, 0.6) is 0 Å². The zero-order valence-electron chi connectivity index (χ0n) is 5.38. The van der Waals surface area contributed by atoms with E-state index in [0.29, 0.717) is 26.2 Å². The molecule has 0 unspecified atom stereocenters. The van der Waals surface area contributed by atoms with Crippen LogP contribution >= 0.6 is 10.7 Å². The van der Waals surface area contributed by atoms with Gasteiger partial charge in [-0.15, -0.1) is 0 Å². The van der Waals surface area contributed by atoms with Gasteiger partial charge in [-0.25, -0.2) is 0 Å². The van der Waals surface area contributed by atoms with Crippen LogP contribution in [-0.2, 0) is 9.24 Å². The van der Waals surface area contributed by atoms with Crippen molar-refractivity contribution in [2.75, 3.05) is 26.2 Å². The Morgan fingerprint density at radius 1 is 1.30 bits per heavy atom. The van der Waals surface area contributed by atoms with Gasteiger partial charge in [-0.2, -0.15) is 12.7 Å². The van der Waals surface area contributed by atoms with Crippen molar-refractivity contribution in [3.05, 3.63) is 0 Å². The number of nitrogens with one attached hydrogen (secondary N) is 1. The van der Waals surface area contributed by atoms with E-state index in [1.807, 2.05) is 0 Å². The summed E-state index contributed by atoms with van der Waals surface area (Å²) in [6.07, 6.45) is 0. The molecule has 0 amide bonds. The van der Waals surface area contributed by atoms with Crippen molar-refractivity contribution in [3.63, 3.8) is 0 Å². The largest absolute Gasteiger partial charge is 0.314 e. The summed E-state index contributed by atoms with van der Waals surface area (Å²) in [6.45, 7) is 2.33. The highest BCUT2D eigenvalue weighted by Gasteiger charge is 2.20. The molecule has 1 saturated heterocycles. The van der Waals surface area contributed by atoms with Crippen LogP contribution in [0.25, 0.3) is 0 Å². The maximum absolute atomic E-state index is 10.6. The van der Waals surface area contributed by atoms with Crippen molar-refractivity contribution < 1.29 is 8.42 Å². The highest BCUT2D eigenvalue weighted by atomic mass is 35.7. The lowest BCUT2D eigenvalue weighted by Gasteiger charge is -2.23. The first-order valence-corrected chi connectivity index (χ1v) is 5.28. The van der Waals surface area contributed by atoms with E-state index in [1.54, 1.807) is 0 Å². The van der Waals surface area contributed by atoms with Crippen molar-refractivity contribution in [1.82, 2.24) is 9.62 Å². The number of nitrogens with zero attached hydrogens (tertiary/aromatic N) is 1. The van der Waals surface area contributed by atoms with Crippen molar-refractivity contribution in [2.24, 2.45) is 0 Å². The van der Waals surface area contributed by atoms with E-state index in [9.17, 15) is 8.42 Å². The van der Waals surface area contributed by atoms with Gasteiger partial charge in [0, 0.05) is 36.9 Å². The van der Waals surface area contributed by atoms with Crippen LogP contribution < -0.4 is 5.32 Å². The van der Waals surface area contributed by atoms with Crippen molar-refractivity contribution in [1.29, 1.82) is 0 Å². The summed E-state index contributed by atoms with van der Waals surface area (Å²) < 4.78 is 22.6. The Bertz CT molecular complexity index is 197. The van der Waals surface area contributed by atoms with Crippen LogP contribution in [0.4, 0.5) is 0 Å². The first-order valence-electron chi connectivity index (χ1n) is 3.01. The van der Waals surface area contributed by atoms with Crippen molar-refractivity contribution in [3.8, 4) is 0 Å². The average molecular weight is 185 g/mol. The minimum absolute atomic E-state index is 0.478. The molecule has 4 nitrogen and oxygen atoms in total. The Morgan fingerprint density at radius 3 is 2.10 bits per heavy atom. The van der Waals surface area contributed by atoms with E-state index in [4.69, 9.17) is 10.7 Å². The first kappa shape index (κ1) is 8.26. The van der Waals surface area contributed by atoms with Gasteiger partial charge in [-0.1, -0.05) is 0 Å². The van der Waals surface area contributed by atoms with Crippen molar-refractivity contribution >= 4 is 19.9 Å². The molecule has 0 aromatic carbocycles. The van der Waals surface area contributed by atoms with E-state index in [2.05, 4.69) is 5.32 Å². The topological polar surface area (TPSA) is 49.4 Å². The maximum Gasteiger partial charge on any atom is 0.299 e. The summed E-state index contributed by atoms with van der Waals surface area (Å²) in [4.78, 5) is 0. The minimum atomic E-state index is -3.46. The molecule has 0 aromatic heterocycles. The SMILES string of the molecule is O=S(=O)(Cl)N1CCNCC1. The Balaban J connectivity index is 2.56. The smallest absolute Gasteiger partial charge is 0.299 e. The molecule has 10 heavy (non-hydrogen) atoms. The number of hydrogen-bond donors (Lipinski definition) is 1. The van der Waals surface area contributed by atoms with Gasteiger partial charge in [0.25, 0.3) is 9.24 Å². The fourth-order valence-corrected chi connectivity index (χ4v) is 1.90. The molecule has 1 fully saturated rings. The molecule has 60 valence electrons. The molecule has 0 saturated carbocycles. The number of rotatable bonds is 1. The Kier molecular flexibility index (Phi) is 2.51. The third-order valence-corrected chi connectivity index (χ3v) is 2.95. The van der Waals surface area contributed by atoms with Crippen molar-refractivity contribution in [2.45, 2.75) is 0 Å². The summed E-state index contributed by atoms with van der Waals surface area (Å²) in [7, 11) is 1.62. The monoisotopic (exact) mass is 184 g/mol. The number of hydrogen-bond acceptors (Lipinski definition) is 3. The molecule has 0 bridgehead atoms. The van der Waals surface area contributed by atoms with Crippen LogP contribution in [0.1, 0.15) is 0 Å². The molecule has 0 aliphatic carbocycles.